The van der Waals surface area contributed by atoms with Gasteiger partial charge in [0.25, 0.3) is 0 Å². The summed E-state index contributed by atoms with van der Waals surface area (Å²) >= 11 is 0. The Balaban J connectivity index is 0.000000199. The van der Waals surface area contributed by atoms with E-state index in [-0.39, 0.29) is 0 Å². The molecule has 0 saturated carbocycles. The third kappa shape index (κ3) is 9.65. The van der Waals surface area contributed by atoms with Gasteiger partial charge in [-0.1, -0.05) is 37.3 Å². The van der Waals surface area contributed by atoms with Gasteiger partial charge in [-0.05, 0) is 0 Å². The molecule has 2 fully saturated rings. The van der Waals surface area contributed by atoms with E-state index in [1.165, 1.54) is 0 Å². The molecule has 6 heteroatoms. The Labute approximate surface area is 137 Å². The van der Waals surface area contributed by atoms with Crippen molar-refractivity contribution in [3.63, 3.8) is 0 Å². The second-order valence-electron chi connectivity index (χ2n) is 5.39. The van der Waals surface area contributed by atoms with Crippen molar-refractivity contribution in [2.75, 3.05) is 40.6 Å². The second kappa shape index (κ2) is 10.7. The van der Waals surface area contributed by atoms with Crippen molar-refractivity contribution >= 4 is 0 Å². The number of ether oxygens (including phenoxy) is 4. The maximum Gasteiger partial charge on any atom is 0.189 e. The molecule has 0 radical (unpaired) electrons. The van der Waals surface area contributed by atoms with Gasteiger partial charge in [0.2, 0.25) is 0 Å². The molecule has 2 heterocycles. The van der Waals surface area contributed by atoms with Crippen molar-refractivity contribution in [1.29, 1.82) is 0 Å². The Bertz CT molecular complexity index is 389. The standard InChI is InChI=1S/C9H12O2.C6H10O3.C2H6O/c1-2-9(10,11)8-6-4-3-5-7-8;1(5-3-8-5)7-2-6-4-9-6;1-3-2/h3-7,10-11H,2H2,1H3;5-6H,1-4H2;1-2H3. The molecule has 2 aliphatic heterocycles. The summed E-state index contributed by atoms with van der Waals surface area (Å²) in [4.78, 5) is 0. The van der Waals surface area contributed by atoms with Crippen LogP contribution in [-0.2, 0) is 24.7 Å². The predicted octanol–water partition coefficient (Wildman–Crippen LogP) is 1.30. The quantitative estimate of drug-likeness (QED) is 0.605. The molecular weight excluding hydrogens is 300 g/mol. The number of rotatable bonds is 6. The van der Waals surface area contributed by atoms with E-state index >= 15 is 0 Å². The van der Waals surface area contributed by atoms with Gasteiger partial charge in [-0.15, -0.1) is 0 Å². The normalized spacial score (nSPS) is 21.4. The van der Waals surface area contributed by atoms with Crippen LogP contribution in [0.25, 0.3) is 0 Å². The third-order valence-electron chi connectivity index (χ3n) is 3.14. The molecule has 1 aromatic carbocycles. The van der Waals surface area contributed by atoms with Crippen molar-refractivity contribution in [2.45, 2.75) is 31.3 Å². The number of benzene rings is 1. The first kappa shape index (κ1) is 20.0. The first-order valence-corrected chi connectivity index (χ1v) is 7.74. The Kier molecular flexibility index (Phi) is 9.31. The molecular formula is C17H28O6. The Morgan fingerprint density at radius 1 is 1.04 bits per heavy atom. The van der Waals surface area contributed by atoms with E-state index in [4.69, 9.17) is 14.2 Å². The monoisotopic (exact) mass is 328 g/mol. The van der Waals surface area contributed by atoms with Crippen LogP contribution >= 0.6 is 0 Å². The maximum absolute atomic E-state index is 9.35. The summed E-state index contributed by atoms with van der Waals surface area (Å²) in [6.45, 7) is 4.99. The second-order valence-corrected chi connectivity index (χ2v) is 5.39. The zero-order valence-corrected chi connectivity index (χ0v) is 14.1. The highest BCUT2D eigenvalue weighted by atomic mass is 16.6. The van der Waals surface area contributed by atoms with Crippen LogP contribution in [-0.4, -0.2) is 63.1 Å². The Morgan fingerprint density at radius 2 is 1.48 bits per heavy atom. The van der Waals surface area contributed by atoms with Crippen molar-refractivity contribution in [1.82, 2.24) is 0 Å². The van der Waals surface area contributed by atoms with E-state index in [0.717, 1.165) is 26.4 Å². The lowest BCUT2D eigenvalue weighted by Crippen LogP contribution is -2.23. The summed E-state index contributed by atoms with van der Waals surface area (Å²) in [6, 6.07) is 8.81. The molecule has 0 spiro atoms. The van der Waals surface area contributed by atoms with Crippen LogP contribution in [0.5, 0.6) is 0 Å². The highest BCUT2D eigenvalue weighted by molar-refractivity contribution is 5.19. The van der Waals surface area contributed by atoms with Gasteiger partial charge in [-0.25, -0.2) is 0 Å². The minimum absolute atomic E-state index is 0.303. The lowest BCUT2D eigenvalue weighted by molar-refractivity contribution is -0.171. The van der Waals surface area contributed by atoms with Crippen LogP contribution in [0.1, 0.15) is 18.9 Å². The van der Waals surface area contributed by atoms with E-state index in [1.54, 1.807) is 45.4 Å². The largest absolute Gasteiger partial charge is 0.388 e. The average Bonchev–Trinajstić information content (AvgIpc) is 3.45. The molecule has 0 bridgehead atoms. The average molecular weight is 328 g/mol. The zero-order chi connectivity index (χ0) is 17.1. The SMILES string of the molecule is C(OCC1CO1)C1CO1.CCC(O)(O)c1ccccc1.COC. The Morgan fingerprint density at radius 3 is 1.83 bits per heavy atom. The molecule has 0 aromatic heterocycles. The Hall–Kier alpha value is -1.02. The maximum atomic E-state index is 9.35. The number of hydrogen-bond acceptors (Lipinski definition) is 6. The van der Waals surface area contributed by atoms with Crippen LogP contribution in [0, 0.1) is 0 Å². The van der Waals surface area contributed by atoms with E-state index in [2.05, 4.69) is 4.74 Å². The molecule has 1 aromatic rings. The summed E-state index contributed by atoms with van der Waals surface area (Å²) in [5.41, 5.74) is 0.544. The van der Waals surface area contributed by atoms with Crippen LogP contribution in [0.4, 0.5) is 0 Å². The topological polar surface area (TPSA) is 84.0 Å². The summed E-state index contributed by atoms with van der Waals surface area (Å²) in [5, 5.41) is 18.7. The van der Waals surface area contributed by atoms with Gasteiger partial charge in [0.15, 0.2) is 5.79 Å². The van der Waals surface area contributed by atoms with Crippen molar-refractivity contribution in [2.24, 2.45) is 0 Å². The predicted molar refractivity (Wildman–Crippen MR) is 86.1 cm³/mol. The van der Waals surface area contributed by atoms with E-state index in [0.29, 0.717) is 24.2 Å². The summed E-state index contributed by atoms with van der Waals surface area (Å²) in [6.07, 6.45) is 1.09. The summed E-state index contributed by atoms with van der Waals surface area (Å²) in [7, 11) is 3.25. The minimum atomic E-state index is -1.67. The summed E-state index contributed by atoms with van der Waals surface area (Å²) < 4.78 is 19.4. The lowest BCUT2D eigenvalue weighted by atomic mass is 10.0. The van der Waals surface area contributed by atoms with Gasteiger partial charge >= 0.3 is 0 Å². The van der Waals surface area contributed by atoms with Crippen LogP contribution < -0.4 is 0 Å². The van der Waals surface area contributed by atoms with Gasteiger partial charge in [0.1, 0.15) is 12.2 Å². The molecule has 2 aliphatic rings. The van der Waals surface area contributed by atoms with Crippen molar-refractivity contribution in [3.05, 3.63) is 35.9 Å². The molecule has 132 valence electrons. The van der Waals surface area contributed by atoms with Crippen molar-refractivity contribution < 1.29 is 29.2 Å². The third-order valence-corrected chi connectivity index (χ3v) is 3.14. The van der Waals surface area contributed by atoms with Crippen LogP contribution in [0.2, 0.25) is 0 Å². The minimum Gasteiger partial charge on any atom is -0.388 e. The number of aliphatic hydroxyl groups is 2. The fraction of sp³-hybridized carbons (Fsp3) is 0.647. The fourth-order valence-electron chi connectivity index (χ4n) is 1.57. The van der Waals surface area contributed by atoms with Gasteiger partial charge in [-0.2, -0.15) is 0 Å². The molecule has 6 nitrogen and oxygen atoms in total. The lowest BCUT2D eigenvalue weighted by Gasteiger charge is -2.19. The smallest absolute Gasteiger partial charge is 0.189 e. The number of epoxide rings is 2. The number of hydrogen-bond donors (Lipinski definition) is 2. The molecule has 0 amide bonds. The molecule has 3 rings (SSSR count). The zero-order valence-electron chi connectivity index (χ0n) is 14.1. The molecule has 0 aliphatic carbocycles. The van der Waals surface area contributed by atoms with Crippen LogP contribution in [0.15, 0.2) is 30.3 Å². The van der Waals surface area contributed by atoms with Gasteiger partial charge in [0.05, 0.1) is 26.4 Å². The highest BCUT2D eigenvalue weighted by Crippen LogP contribution is 2.20. The van der Waals surface area contributed by atoms with Gasteiger partial charge in [0, 0.05) is 26.2 Å². The van der Waals surface area contributed by atoms with Gasteiger partial charge in [-0.3, -0.25) is 0 Å². The van der Waals surface area contributed by atoms with Crippen molar-refractivity contribution in [3.8, 4) is 0 Å². The molecule has 2 unspecified atom stereocenters. The number of methoxy groups -OCH3 is 1. The fourth-order valence-corrected chi connectivity index (χ4v) is 1.57. The van der Waals surface area contributed by atoms with E-state index in [9.17, 15) is 10.2 Å². The van der Waals surface area contributed by atoms with Crippen LogP contribution in [0.3, 0.4) is 0 Å². The molecule has 23 heavy (non-hydrogen) atoms. The highest BCUT2D eigenvalue weighted by Gasteiger charge is 2.26. The molecule has 2 atom stereocenters. The summed E-state index contributed by atoms with van der Waals surface area (Å²) in [5.74, 6) is -1.67. The van der Waals surface area contributed by atoms with Gasteiger partial charge < -0.3 is 29.2 Å². The molecule has 2 saturated heterocycles. The molecule has 2 N–H and O–H groups in total. The van der Waals surface area contributed by atoms with E-state index in [1.807, 2.05) is 6.07 Å². The first-order valence-electron chi connectivity index (χ1n) is 7.74. The van der Waals surface area contributed by atoms with E-state index < -0.39 is 5.79 Å². The first-order chi connectivity index (χ1) is 11.0.